The summed E-state index contributed by atoms with van der Waals surface area (Å²) in [7, 11) is 0. The van der Waals surface area contributed by atoms with Crippen molar-refractivity contribution in [1.29, 1.82) is 0 Å². The molecule has 96 valence electrons. The van der Waals surface area contributed by atoms with Crippen molar-refractivity contribution in [2.75, 3.05) is 0 Å². The number of aliphatic carboxylic acids is 1. The van der Waals surface area contributed by atoms with Gasteiger partial charge in [0.2, 0.25) is 0 Å². The Bertz CT molecular complexity index is 507. The number of aryl methyl sites for hydroxylation is 1. The molecule has 18 heavy (non-hydrogen) atoms. The molecule has 0 aliphatic rings. The van der Waals surface area contributed by atoms with Crippen molar-refractivity contribution in [3.8, 4) is 0 Å². The average Bonchev–Trinajstić information content (AvgIpc) is 2.99. The number of imidazole rings is 1. The lowest BCUT2D eigenvalue weighted by Gasteiger charge is -2.13. The minimum atomic E-state index is -0.861. The van der Waals surface area contributed by atoms with Gasteiger partial charge in [-0.1, -0.05) is 6.07 Å². The van der Waals surface area contributed by atoms with Crippen molar-refractivity contribution in [3.05, 3.63) is 40.6 Å². The number of nitrogens with one attached hydrogen (secondary N) is 1. The summed E-state index contributed by atoms with van der Waals surface area (Å²) in [5.41, 5.74) is 0.986. The summed E-state index contributed by atoms with van der Waals surface area (Å²) >= 11 is 1.44. The maximum Gasteiger partial charge on any atom is 0.326 e. The molecule has 2 N–H and O–H groups in total. The molecule has 0 saturated carbocycles. The third-order valence-corrected chi connectivity index (χ3v) is 3.64. The first-order chi connectivity index (χ1) is 8.72. The first-order valence-corrected chi connectivity index (χ1v) is 6.59. The van der Waals surface area contributed by atoms with E-state index in [1.165, 1.54) is 11.3 Å². The summed E-state index contributed by atoms with van der Waals surface area (Å²) in [5.74, 6) is -0.861. The van der Waals surface area contributed by atoms with Gasteiger partial charge < -0.3 is 9.67 Å². The molecule has 2 aromatic rings. The van der Waals surface area contributed by atoms with E-state index in [-0.39, 0.29) is 0 Å². The zero-order chi connectivity index (χ0) is 13.0. The van der Waals surface area contributed by atoms with Gasteiger partial charge >= 0.3 is 5.97 Å². The topological polar surface area (TPSA) is 67.2 Å². The van der Waals surface area contributed by atoms with Crippen molar-refractivity contribution >= 4 is 17.3 Å². The Balaban J connectivity index is 2.05. The molecule has 0 radical (unpaired) electrons. The number of carbonyl (C=O) groups is 1. The lowest BCUT2D eigenvalue weighted by Crippen LogP contribution is -2.28. The summed E-state index contributed by atoms with van der Waals surface area (Å²) in [6.07, 6.45) is 3.50. The number of hydrogen-bond acceptors (Lipinski definition) is 4. The van der Waals surface area contributed by atoms with E-state index in [4.69, 9.17) is 0 Å². The second kappa shape index (κ2) is 5.79. The van der Waals surface area contributed by atoms with E-state index in [2.05, 4.69) is 10.3 Å². The van der Waals surface area contributed by atoms with Gasteiger partial charge in [0.1, 0.15) is 6.04 Å². The zero-order valence-corrected chi connectivity index (χ0v) is 10.9. The van der Waals surface area contributed by atoms with Crippen LogP contribution in [0.3, 0.4) is 0 Å². The molecular weight excluding hydrogens is 250 g/mol. The molecule has 1 unspecified atom stereocenters. The largest absolute Gasteiger partial charge is 0.480 e. The molecule has 0 saturated heterocycles. The van der Waals surface area contributed by atoms with E-state index in [9.17, 15) is 9.90 Å². The Labute approximate surface area is 109 Å². The van der Waals surface area contributed by atoms with Crippen LogP contribution in [0.4, 0.5) is 0 Å². The van der Waals surface area contributed by atoms with Crippen molar-refractivity contribution in [3.63, 3.8) is 0 Å². The Hall–Kier alpha value is -1.66. The second-order valence-corrected chi connectivity index (χ2v) is 4.82. The Morgan fingerprint density at radius 1 is 1.67 bits per heavy atom. The number of carboxylic acids is 1. The van der Waals surface area contributed by atoms with Crippen LogP contribution in [0.1, 0.15) is 23.5 Å². The smallest absolute Gasteiger partial charge is 0.326 e. The van der Waals surface area contributed by atoms with Gasteiger partial charge in [0.15, 0.2) is 0 Å². The molecule has 1 atom stereocenters. The summed E-state index contributed by atoms with van der Waals surface area (Å²) in [6.45, 7) is 3.34. The van der Waals surface area contributed by atoms with Crippen molar-refractivity contribution in [2.24, 2.45) is 0 Å². The van der Waals surface area contributed by atoms with Crippen molar-refractivity contribution in [1.82, 2.24) is 14.9 Å². The molecule has 2 rings (SSSR count). The fourth-order valence-electron chi connectivity index (χ4n) is 1.75. The third-order valence-electron chi connectivity index (χ3n) is 2.70. The van der Waals surface area contributed by atoms with Crippen LogP contribution in [0, 0.1) is 0 Å². The lowest BCUT2D eigenvalue weighted by molar-refractivity contribution is -0.139. The van der Waals surface area contributed by atoms with Gasteiger partial charge in [0, 0.05) is 24.2 Å². The van der Waals surface area contributed by atoms with Crippen LogP contribution in [0.15, 0.2) is 30.0 Å². The SMILES string of the molecule is CCn1cncc1CNC(C(=O)O)c1cccs1. The first kappa shape index (κ1) is 12.8. The fraction of sp³-hybridized carbons (Fsp3) is 0.333. The quantitative estimate of drug-likeness (QED) is 0.837. The van der Waals surface area contributed by atoms with Gasteiger partial charge in [-0.25, -0.2) is 4.98 Å². The van der Waals surface area contributed by atoms with Gasteiger partial charge in [-0.2, -0.15) is 0 Å². The van der Waals surface area contributed by atoms with Crippen molar-refractivity contribution < 1.29 is 9.90 Å². The van der Waals surface area contributed by atoms with Crippen molar-refractivity contribution in [2.45, 2.75) is 26.1 Å². The van der Waals surface area contributed by atoms with Crippen LogP contribution in [-0.4, -0.2) is 20.6 Å². The minimum absolute atomic E-state index is 0.489. The molecule has 0 aromatic carbocycles. The minimum Gasteiger partial charge on any atom is -0.480 e. The fourth-order valence-corrected chi connectivity index (χ4v) is 2.54. The highest BCUT2D eigenvalue weighted by molar-refractivity contribution is 7.10. The molecule has 5 nitrogen and oxygen atoms in total. The van der Waals surface area contributed by atoms with E-state index in [1.54, 1.807) is 12.5 Å². The number of thiophene rings is 1. The molecule has 2 aromatic heterocycles. The van der Waals surface area contributed by atoms with E-state index in [0.717, 1.165) is 17.1 Å². The number of rotatable bonds is 6. The highest BCUT2D eigenvalue weighted by Gasteiger charge is 2.20. The van der Waals surface area contributed by atoms with E-state index in [1.807, 2.05) is 29.0 Å². The maximum atomic E-state index is 11.2. The number of carboxylic acid groups (broad SMARTS) is 1. The highest BCUT2D eigenvalue weighted by atomic mass is 32.1. The molecule has 0 aliphatic heterocycles. The van der Waals surface area contributed by atoms with Gasteiger partial charge in [-0.15, -0.1) is 11.3 Å². The predicted molar refractivity (Wildman–Crippen MR) is 69.4 cm³/mol. The molecule has 6 heteroatoms. The number of hydrogen-bond donors (Lipinski definition) is 2. The molecule has 0 fully saturated rings. The monoisotopic (exact) mass is 265 g/mol. The Morgan fingerprint density at radius 3 is 3.11 bits per heavy atom. The van der Waals surface area contributed by atoms with Crippen LogP contribution >= 0.6 is 11.3 Å². The zero-order valence-electron chi connectivity index (χ0n) is 10.0. The van der Waals surface area contributed by atoms with Gasteiger partial charge in [-0.3, -0.25) is 10.1 Å². The molecule has 0 bridgehead atoms. The lowest BCUT2D eigenvalue weighted by atomic mass is 10.2. The molecule has 2 heterocycles. The van der Waals surface area contributed by atoms with Gasteiger partial charge in [0.25, 0.3) is 0 Å². The maximum absolute atomic E-state index is 11.2. The number of aromatic nitrogens is 2. The standard InChI is InChI=1S/C12H15N3O2S/c1-2-15-8-13-6-9(15)7-14-11(12(16)17)10-4-3-5-18-10/h3-6,8,11,14H,2,7H2,1H3,(H,16,17). The van der Waals surface area contributed by atoms with Gasteiger partial charge in [0.05, 0.1) is 12.0 Å². The van der Waals surface area contributed by atoms with Crippen LogP contribution in [0.2, 0.25) is 0 Å². The number of nitrogens with zero attached hydrogens (tertiary/aromatic N) is 2. The Morgan fingerprint density at radius 2 is 2.50 bits per heavy atom. The average molecular weight is 265 g/mol. The normalized spacial score (nSPS) is 12.5. The van der Waals surface area contributed by atoms with Crippen LogP contribution < -0.4 is 5.32 Å². The molecule has 0 aliphatic carbocycles. The molecule has 0 spiro atoms. The molecular formula is C12H15N3O2S. The highest BCUT2D eigenvalue weighted by Crippen LogP contribution is 2.19. The van der Waals surface area contributed by atoms with E-state index < -0.39 is 12.0 Å². The molecule has 0 amide bonds. The summed E-state index contributed by atoms with van der Waals surface area (Å²) in [5, 5.41) is 14.1. The third kappa shape index (κ3) is 2.77. The van der Waals surface area contributed by atoms with Crippen LogP contribution in [-0.2, 0) is 17.9 Å². The predicted octanol–water partition coefficient (Wildman–Crippen LogP) is 1.88. The first-order valence-electron chi connectivity index (χ1n) is 5.71. The van der Waals surface area contributed by atoms with E-state index >= 15 is 0 Å². The van der Waals surface area contributed by atoms with E-state index in [0.29, 0.717) is 6.54 Å². The summed E-state index contributed by atoms with van der Waals surface area (Å²) in [4.78, 5) is 16.1. The van der Waals surface area contributed by atoms with Gasteiger partial charge in [-0.05, 0) is 18.4 Å². The summed E-state index contributed by atoms with van der Waals surface area (Å²) in [6, 6.07) is 3.02. The summed E-state index contributed by atoms with van der Waals surface area (Å²) < 4.78 is 1.99. The van der Waals surface area contributed by atoms with Crippen LogP contribution in [0.5, 0.6) is 0 Å². The second-order valence-electron chi connectivity index (χ2n) is 3.84. The Kier molecular flexibility index (Phi) is 4.11. The van der Waals surface area contributed by atoms with Crippen LogP contribution in [0.25, 0.3) is 0 Å².